The van der Waals surface area contributed by atoms with E-state index < -0.39 is 34.5 Å². The molecule has 0 aliphatic rings. The molecule has 0 unspecified atom stereocenters. The van der Waals surface area contributed by atoms with Crippen LogP contribution in [0.2, 0.25) is 0 Å². The van der Waals surface area contributed by atoms with Gasteiger partial charge in [0.2, 0.25) is 0 Å². The van der Waals surface area contributed by atoms with Crippen LogP contribution in [0.5, 0.6) is 0 Å². The smallest absolute Gasteiger partial charge is 0.257 e. The minimum atomic E-state index is -1.65. The lowest BCUT2D eigenvalue weighted by Gasteiger charge is -2.35. The van der Waals surface area contributed by atoms with E-state index in [1.165, 1.54) is 4.90 Å². The number of amides is 1. The summed E-state index contributed by atoms with van der Waals surface area (Å²) in [5.41, 5.74) is 4.31. The van der Waals surface area contributed by atoms with Crippen molar-refractivity contribution >= 4 is 5.91 Å². The van der Waals surface area contributed by atoms with Crippen LogP contribution in [0.3, 0.4) is 0 Å². The zero-order valence-electron chi connectivity index (χ0n) is 11.1. The number of benzene rings is 1. The summed E-state index contributed by atoms with van der Waals surface area (Å²) >= 11 is 0. The molecule has 0 bridgehead atoms. The van der Waals surface area contributed by atoms with Crippen molar-refractivity contribution in [3.05, 3.63) is 35.1 Å². The second-order valence-electron chi connectivity index (χ2n) is 5.14. The lowest BCUT2D eigenvalue weighted by atomic mass is 10.0. The average molecular weight is 274 g/mol. The van der Waals surface area contributed by atoms with Crippen molar-refractivity contribution < 1.29 is 18.0 Å². The average Bonchev–Trinajstić information content (AvgIpc) is 2.31. The number of hydrogen-bond acceptors (Lipinski definition) is 2. The number of nitrogens with two attached hydrogens (primary N) is 1. The van der Waals surface area contributed by atoms with Gasteiger partial charge in [0.1, 0.15) is 0 Å². The molecular weight excluding hydrogens is 257 g/mol. The number of carbonyl (C=O) groups is 1. The first-order valence-electron chi connectivity index (χ1n) is 5.85. The van der Waals surface area contributed by atoms with Gasteiger partial charge in [0.15, 0.2) is 17.5 Å². The third-order valence-corrected chi connectivity index (χ3v) is 2.67. The molecular formula is C13H17F3N2O. The normalized spacial score (nSPS) is 11.5. The van der Waals surface area contributed by atoms with Crippen LogP contribution < -0.4 is 5.73 Å². The quantitative estimate of drug-likeness (QED) is 0.860. The molecule has 1 rings (SSSR count). The molecule has 1 aromatic rings. The lowest BCUT2D eigenvalue weighted by Crippen LogP contribution is -2.48. The summed E-state index contributed by atoms with van der Waals surface area (Å²) in [6, 6.07) is 1.67. The van der Waals surface area contributed by atoms with Gasteiger partial charge < -0.3 is 10.6 Å². The molecule has 19 heavy (non-hydrogen) atoms. The van der Waals surface area contributed by atoms with Gasteiger partial charge in [-0.3, -0.25) is 4.79 Å². The third kappa shape index (κ3) is 3.26. The fourth-order valence-electron chi connectivity index (χ4n) is 1.71. The minimum absolute atomic E-state index is 0.189. The maximum absolute atomic E-state index is 13.6. The standard InChI is InChI=1S/C13H17F3N2O/c1-13(2,3)18(7-6-17)12(19)8-4-5-9(14)11(16)10(8)15/h4-5H,6-7,17H2,1-3H3. The van der Waals surface area contributed by atoms with E-state index in [2.05, 4.69) is 0 Å². The van der Waals surface area contributed by atoms with E-state index in [4.69, 9.17) is 5.73 Å². The van der Waals surface area contributed by atoms with Gasteiger partial charge in [-0.05, 0) is 32.9 Å². The van der Waals surface area contributed by atoms with Gasteiger partial charge in [-0.1, -0.05) is 0 Å². The molecule has 0 aliphatic heterocycles. The van der Waals surface area contributed by atoms with Crippen LogP contribution >= 0.6 is 0 Å². The number of rotatable bonds is 3. The maximum atomic E-state index is 13.6. The first kappa shape index (κ1) is 15.5. The first-order valence-corrected chi connectivity index (χ1v) is 5.85. The van der Waals surface area contributed by atoms with Crippen LogP contribution in [0.4, 0.5) is 13.2 Å². The van der Waals surface area contributed by atoms with E-state index >= 15 is 0 Å². The third-order valence-electron chi connectivity index (χ3n) is 2.67. The van der Waals surface area contributed by atoms with Crippen molar-refractivity contribution in [3.63, 3.8) is 0 Å². The molecule has 0 saturated carbocycles. The number of carbonyl (C=O) groups excluding carboxylic acids is 1. The summed E-state index contributed by atoms with van der Waals surface area (Å²) in [5, 5.41) is 0. The Kier molecular flexibility index (Phi) is 4.57. The minimum Gasteiger partial charge on any atom is -0.332 e. The monoisotopic (exact) mass is 274 g/mol. The summed E-state index contributed by atoms with van der Waals surface area (Å²) in [6.45, 7) is 5.63. The highest BCUT2D eigenvalue weighted by Crippen LogP contribution is 2.21. The van der Waals surface area contributed by atoms with Crippen LogP contribution in [0.15, 0.2) is 12.1 Å². The number of nitrogens with zero attached hydrogens (tertiary/aromatic N) is 1. The summed E-state index contributed by atoms with van der Waals surface area (Å²) in [5.74, 6) is -5.16. The molecule has 6 heteroatoms. The second-order valence-corrected chi connectivity index (χ2v) is 5.14. The van der Waals surface area contributed by atoms with Gasteiger partial charge in [0.25, 0.3) is 5.91 Å². The molecule has 106 valence electrons. The molecule has 0 saturated heterocycles. The molecule has 0 radical (unpaired) electrons. The fraction of sp³-hybridized carbons (Fsp3) is 0.462. The highest BCUT2D eigenvalue weighted by atomic mass is 19.2. The Hall–Kier alpha value is -1.56. The Morgan fingerprint density at radius 2 is 1.79 bits per heavy atom. The predicted molar refractivity (Wildman–Crippen MR) is 66.2 cm³/mol. The molecule has 1 amide bonds. The maximum Gasteiger partial charge on any atom is 0.257 e. The fourth-order valence-corrected chi connectivity index (χ4v) is 1.71. The van der Waals surface area contributed by atoms with Gasteiger partial charge in [-0.15, -0.1) is 0 Å². The molecule has 0 aromatic heterocycles. The van der Waals surface area contributed by atoms with Crippen molar-refractivity contribution in [2.75, 3.05) is 13.1 Å². The zero-order valence-corrected chi connectivity index (χ0v) is 11.1. The number of halogens is 3. The van der Waals surface area contributed by atoms with Gasteiger partial charge in [0, 0.05) is 18.6 Å². The topological polar surface area (TPSA) is 46.3 Å². The molecule has 2 N–H and O–H groups in total. The highest BCUT2D eigenvalue weighted by molar-refractivity contribution is 5.95. The van der Waals surface area contributed by atoms with Crippen molar-refractivity contribution in [3.8, 4) is 0 Å². The Morgan fingerprint density at radius 3 is 2.26 bits per heavy atom. The van der Waals surface area contributed by atoms with Gasteiger partial charge >= 0.3 is 0 Å². The largest absolute Gasteiger partial charge is 0.332 e. The van der Waals surface area contributed by atoms with E-state index in [1.54, 1.807) is 20.8 Å². The molecule has 1 aromatic carbocycles. The second kappa shape index (κ2) is 5.61. The molecule has 0 spiro atoms. The van der Waals surface area contributed by atoms with Crippen molar-refractivity contribution in [2.45, 2.75) is 26.3 Å². The Morgan fingerprint density at radius 1 is 1.21 bits per heavy atom. The van der Waals surface area contributed by atoms with Gasteiger partial charge in [-0.25, -0.2) is 13.2 Å². The summed E-state index contributed by atoms with van der Waals surface area (Å²) in [6.07, 6.45) is 0. The van der Waals surface area contributed by atoms with Crippen molar-refractivity contribution in [1.29, 1.82) is 0 Å². The molecule has 0 atom stereocenters. The Bertz CT molecular complexity index is 484. The van der Waals surface area contributed by atoms with Crippen LogP contribution in [0.25, 0.3) is 0 Å². The van der Waals surface area contributed by atoms with Crippen LogP contribution in [-0.4, -0.2) is 29.4 Å². The number of hydrogen-bond donors (Lipinski definition) is 1. The van der Waals surface area contributed by atoms with E-state index in [1.807, 2.05) is 0 Å². The molecule has 0 fully saturated rings. The van der Waals surface area contributed by atoms with Crippen LogP contribution in [0.1, 0.15) is 31.1 Å². The van der Waals surface area contributed by atoms with Gasteiger partial charge in [0.05, 0.1) is 5.56 Å². The van der Waals surface area contributed by atoms with Crippen LogP contribution in [0, 0.1) is 17.5 Å². The Balaban J connectivity index is 3.21. The Labute approximate surface area is 110 Å². The summed E-state index contributed by atoms with van der Waals surface area (Å²) in [4.78, 5) is 13.5. The highest BCUT2D eigenvalue weighted by Gasteiger charge is 2.29. The first-order chi connectivity index (χ1) is 8.70. The van der Waals surface area contributed by atoms with Gasteiger partial charge in [-0.2, -0.15) is 0 Å². The SMILES string of the molecule is CC(C)(C)N(CCN)C(=O)c1ccc(F)c(F)c1F. The molecule has 3 nitrogen and oxygen atoms in total. The van der Waals surface area contributed by atoms with Crippen molar-refractivity contribution in [2.24, 2.45) is 5.73 Å². The van der Waals surface area contributed by atoms with E-state index in [0.29, 0.717) is 0 Å². The molecule has 0 aliphatic carbocycles. The lowest BCUT2D eigenvalue weighted by molar-refractivity contribution is 0.0585. The van der Waals surface area contributed by atoms with Crippen molar-refractivity contribution in [1.82, 2.24) is 4.90 Å². The van der Waals surface area contributed by atoms with E-state index in [0.717, 1.165) is 12.1 Å². The predicted octanol–water partition coefficient (Wildman–Crippen LogP) is 2.30. The van der Waals surface area contributed by atoms with Crippen LogP contribution in [-0.2, 0) is 0 Å². The van der Waals surface area contributed by atoms with E-state index in [-0.39, 0.29) is 13.1 Å². The molecule has 0 heterocycles. The summed E-state index contributed by atoms with van der Waals surface area (Å²) in [7, 11) is 0. The van der Waals surface area contributed by atoms with E-state index in [9.17, 15) is 18.0 Å². The zero-order chi connectivity index (χ0) is 14.8. The summed E-state index contributed by atoms with van der Waals surface area (Å²) < 4.78 is 39.6.